The van der Waals surface area contributed by atoms with E-state index in [4.69, 9.17) is 17.3 Å². The molecule has 2 aromatic rings. The highest BCUT2D eigenvalue weighted by Gasteiger charge is 2.15. The van der Waals surface area contributed by atoms with Gasteiger partial charge in [0.15, 0.2) is 0 Å². The van der Waals surface area contributed by atoms with E-state index in [0.717, 1.165) is 12.1 Å². The summed E-state index contributed by atoms with van der Waals surface area (Å²) >= 11 is 5.96. The molecule has 0 saturated carbocycles. The Morgan fingerprint density at radius 2 is 2.24 bits per heavy atom. The zero-order chi connectivity index (χ0) is 14.5. The lowest BCUT2D eigenvalue weighted by Crippen LogP contribution is -2.35. The number of amides is 1. The van der Waals surface area contributed by atoms with Gasteiger partial charge in [-0.2, -0.15) is 5.10 Å². The van der Waals surface area contributed by atoms with E-state index in [9.17, 15) is 4.79 Å². The van der Waals surface area contributed by atoms with Crippen molar-refractivity contribution >= 4 is 35.7 Å². The highest BCUT2D eigenvalue weighted by molar-refractivity contribution is 6.30. The maximum absolute atomic E-state index is 11.9. The number of nitrogens with one attached hydrogen (secondary N) is 1. The monoisotopic (exact) mass is 328 g/mol. The first-order chi connectivity index (χ1) is 9.61. The van der Waals surface area contributed by atoms with E-state index in [1.807, 2.05) is 19.1 Å². The summed E-state index contributed by atoms with van der Waals surface area (Å²) in [6, 6.07) is 8.45. The van der Waals surface area contributed by atoms with E-state index in [1.54, 1.807) is 29.1 Å². The fourth-order valence-corrected chi connectivity index (χ4v) is 2.06. The van der Waals surface area contributed by atoms with Crippen LogP contribution in [0.25, 0.3) is 5.69 Å². The molecule has 1 heterocycles. The summed E-state index contributed by atoms with van der Waals surface area (Å²) in [6.45, 7) is 1.99. The van der Waals surface area contributed by atoms with E-state index in [2.05, 4.69) is 10.4 Å². The van der Waals surface area contributed by atoms with Crippen molar-refractivity contribution in [2.45, 2.75) is 25.8 Å². The van der Waals surface area contributed by atoms with Crippen molar-refractivity contribution in [1.29, 1.82) is 0 Å². The minimum atomic E-state index is -0.511. The second-order valence-corrected chi connectivity index (χ2v) is 4.93. The first kappa shape index (κ1) is 17.5. The van der Waals surface area contributed by atoms with Gasteiger partial charge in [0.2, 0.25) is 5.91 Å². The minimum Gasteiger partial charge on any atom is -0.320 e. The van der Waals surface area contributed by atoms with Crippen molar-refractivity contribution < 1.29 is 4.79 Å². The number of nitrogens with two attached hydrogens (primary N) is 1. The van der Waals surface area contributed by atoms with Crippen LogP contribution in [0.15, 0.2) is 36.5 Å². The lowest BCUT2D eigenvalue weighted by atomic mass is 10.2. The number of carbonyl (C=O) groups is 1. The largest absolute Gasteiger partial charge is 0.320 e. The maximum Gasteiger partial charge on any atom is 0.242 e. The molecule has 0 aliphatic rings. The molecule has 0 spiro atoms. The number of anilines is 1. The number of aromatic nitrogens is 2. The fraction of sp³-hybridized carbons (Fsp3) is 0.286. The summed E-state index contributed by atoms with van der Waals surface area (Å²) in [5, 5.41) is 7.58. The highest BCUT2D eigenvalue weighted by Crippen LogP contribution is 2.18. The van der Waals surface area contributed by atoms with Crippen molar-refractivity contribution in [3.05, 3.63) is 41.6 Å². The molecule has 5 nitrogen and oxygen atoms in total. The Labute approximate surface area is 134 Å². The Kier molecular flexibility index (Phi) is 6.68. The number of benzene rings is 1. The molecule has 7 heteroatoms. The van der Waals surface area contributed by atoms with Crippen molar-refractivity contribution in [1.82, 2.24) is 9.78 Å². The zero-order valence-electron chi connectivity index (χ0n) is 11.6. The third-order valence-corrected chi connectivity index (χ3v) is 3.12. The van der Waals surface area contributed by atoms with E-state index >= 15 is 0 Å². The summed E-state index contributed by atoms with van der Waals surface area (Å²) in [7, 11) is 0. The van der Waals surface area contributed by atoms with Gasteiger partial charge in [0, 0.05) is 11.1 Å². The van der Waals surface area contributed by atoms with Gasteiger partial charge in [-0.3, -0.25) is 4.79 Å². The number of halogens is 2. The summed E-state index contributed by atoms with van der Waals surface area (Å²) in [4.78, 5) is 11.9. The van der Waals surface area contributed by atoms with Gasteiger partial charge in [-0.15, -0.1) is 12.4 Å². The molecule has 1 aromatic carbocycles. The fourth-order valence-electron chi connectivity index (χ4n) is 1.87. The molecule has 1 unspecified atom stereocenters. The number of nitrogens with zero attached hydrogens (tertiary/aromatic N) is 2. The first-order valence-electron chi connectivity index (χ1n) is 6.48. The van der Waals surface area contributed by atoms with Crippen LogP contribution in [0.2, 0.25) is 5.02 Å². The standard InChI is InChI=1S/C14H17ClN4O.ClH/c1-2-4-12(16)14(20)18-13-7-8-17-19(13)11-6-3-5-10(15)9-11;/h3,5-9,12H,2,4,16H2,1H3,(H,18,20);1H. The van der Waals surface area contributed by atoms with E-state index in [-0.39, 0.29) is 18.3 Å². The van der Waals surface area contributed by atoms with Crippen LogP contribution in [0.4, 0.5) is 5.82 Å². The molecule has 3 N–H and O–H groups in total. The van der Waals surface area contributed by atoms with Crippen LogP contribution in [0, 0.1) is 0 Å². The third-order valence-electron chi connectivity index (χ3n) is 2.88. The molecule has 1 atom stereocenters. The van der Waals surface area contributed by atoms with Crippen molar-refractivity contribution in [2.24, 2.45) is 5.73 Å². The molecule has 21 heavy (non-hydrogen) atoms. The van der Waals surface area contributed by atoms with Crippen LogP contribution in [-0.2, 0) is 4.79 Å². The van der Waals surface area contributed by atoms with Crippen molar-refractivity contribution in [2.75, 3.05) is 5.32 Å². The van der Waals surface area contributed by atoms with Crippen molar-refractivity contribution in [3.8, 4) is 5.69 Å². The van der Waals surface area contributed by atoms with Gasteiger partial charge < -0.3 is 11.1 Å². The second-order valence-electron chi connectivity index (χ2n) is 4.49. The third kappa shape index (κ3) is 4.46. The maximum atomic E-state index is 11.9. The molecule has 114 valence electrons. The number of hydrogen-bond acceptors (Lipinski definition) is 3. The molecule has 0 fully saturated rings. The summed E-state index contributed by atoms with van der Waals surface area (Å²) in [5.74, 6) is 0.361. The normalized spacial score (nSPS) is 11.6. The first-order valence-corrected chi connectivity index (χ1v) is 6.86. The van der Waals surface area contributed by atoms with E-state index in [1.165, 1.54) is 0 Å². The number of hydrogen-bond donors (Lipinski definition) is 2. The van der Waals surface area contributed by atoms with Crippen LogP contribution in [0.3, 0.4) is 0 Å². The van der Waals surface area contributed by atoms with Gasteiger partial charge in [-0.25, -0.2) is 4.68 Å². The molecule has 0 radical (unpaired) electrons. The minimum absolute atomic E-state index is 0. The molecule has 1 amide bonds. The smallest absolute Gasteiger partial charge is 0.242 e. The van der Waals surface area contributed by atoms with Gasteiger partial charge >= 0.3 is 0 Å². The van der Waals surface area contributed by atoms with Crippen LogP contribution in [0.1, 0.15) is 19.8 Å². The molecule has 0 aliphatic heterocycles. The molecule has 0 bridgehead atoms. The Morgan fingerprint density at radius 1 is 1.48 bits per heavy atom. The van der Waals surface area contributed by atoms with Crippen LogP contribution in [-0.4, -0.2) is 21.7 Å². The summed E-state index contributed by atoms with van der Waals surface area (Å²) in [5.41, 5.74) is 6.57. The predicted octanol–water partition coefficient (Wildman–Crippen LogP) is 3.01. The van der Waals surface area contributed by atoms with Gasteiger partial charge in [0.25, 0.3) is 0 Å². The van der Waals surface area contributed by atoms with Crippen LogP contribution >= 0.6 is 24.0 Å². The van der Waals surface area contributed by atoms with Gasteiger partial charge in [0.1, 0.15) is 5.82 Å². The predicted molar refractivity (Wildman–Crippen MR) is 87.3 cm³/mol. The summed E-state index contributed by atoms with van der Waals surface area (Å²) in [6.07, 6.45) is 3.13. The molecule has 0 aliphatic carbocycles. The quantitative estimate of drug-likeness (QED) is 0.886. The van der Waals surface area contributed by atoms with E-state index in [0.29, 0.717) is 17.3 Å². The average molecular weight is 329 g/mol. The Balaban J connectivity index is 0.00000220. The topological polar surface area (TPSA) is 72.9 Å². The van der Waals surface area contributed by atoms with Gasteiger partial charge in [-0.1, -0.05) is 31.0 Å². The lowest BCUT2D eigenvalue weighted by molar-refractivity contribution is -0.117. The molecular formula is C14H18Cl2N4O. The molecular weight excluding hydrogens is 311 g/mol. The lowest BCUT2D eigenvalue weighted by Gasteiger charge is -2.12. The van der Waals surface area contributed by atoms with Gasteiger partial charge in [-0.05, 0) is 24.6 Å². The van der Waals surface area contributed by atoms with E-state index < -0.39 is 6.04 Å². The zero-order valence-corrected chi connectivity index (χ0v) is 13.2. The average Bonchev–Trinajstić information content (AvgIpc) is 2.87. The number of rotatable bonds is 5. The molecule has 2 rings (SSSR count). The van der Waals surface area contributed by atoms with Gasteiger partial charge in [0.05, 0.1) is 17.9 Å². The Morgan fingerprint density at radius 3 is 2.90 bits per heavy atom. The highest BCUT2D eigenvalue weighted by atomic mass is 35.5. The molecule has 0 saturated heterocycles. The van der Waals surface area contributed by atoms with Crippen molar-refractivity contribution in [3.63, 3.8) is 0 Å². The summed E-state index contributed by atoms with van der Waals surface area (Å²) < 4.78 is 1.61. The number of carbonyl (C=O) groups excluding carboxylic acids is 1. The van der Waals surface area contributed by atoms with Crippen LogP contribution < -0.4 is 11.1 Å². The SMILES string of the molecule is CCCC(N)C(=O)Nc1ccnn1-c1cccc(Cl)c1.Cl. The Bertz CT molecular complexity index is 600. The molecule has 1 aromatic heterocycles. The van der Waals surface area contributed by atoms with Crippen LogP contribution in [0.5, 0.6) is 0 Å². The second kappa shape index (κ2) is 8.02. The Hall–Kier alpha value is -1.56.